The molecule has 0 radical (unpaired) electrons. The fourth-order valence-corrected chi connectivity index (χ4v) is 10.1. The molecule has 0 bridgehead atoms. The van der Waals surface area contributed by atoms with Crippen molar-refractivity contribution >= 4 is 44.6 Å². The van der Waals surface area contributed by atoms with Crippen LogP contribution in [0.25, 0.3) is 38.8 Å². The van der Waals surface area contributed by atoms with Crippen LogP contribution >= 0.6 is 0 Å². The first-order valence-corrected chi connectivity index (χ1v) is 24.9. The molecule has 0 saturated carbocycles. The average molecular weight is 1110 g/mol. The second-order valence-corrected chi connectivity index (χ2v) is 22.3. The van der Waals surface area contributed by atoms with Gasteiger partial charge in [0.15, 0.2) is 0 Å². The Hall–Kier alpha value is -6.42. The first-order valence-electron chi connectivity index (χ1n) is 24.9. The number of nitrogens with zero attached hydrogens (tertiary/aromatic N) is 4. The van der Waals surface area contributed by atoms with Crippen molar-refractivity contribution in [3.05, 3.63) is 210 Å². The van der Waals surface area contributed by atoms with Crippen LogP contribution < -0.4 is 14.5 Å². The number of rotatable bonds is 10. The molecule has 7 aromatic carbocycles. The van der Waals surface area contributed by atoms with Gasteiger partial charge in [0.25, 0.3) is 0 Å². The fourth-order valence-electron chi connectivity index (χ4n) is 10.1. The van der Waals surface area contributed by atoms with Gasteiger partial charge < -0.3 is 19.1 Å². The summed E-state index contributed by atoms with van der Waals surface area (Å²) >= 11 is 0. The van der Waals surface area contributed by atoms with Crippen molar-refractivity contribution in [1.82, 2.24) is 9.55 Å². The van der Waals surface area contributed by atoms with Gasteiger partial charge in [-0.3, -0.25) is 0 Å². The van der Waals surface area contributed by atoms with Crippen LogP contribution in [0.3, 0.4) is 0 Å². The maximum atomic E-state index is 6.98. The molecule has 10 rings (SSSR count). The largest absolute Gasteiger partial charge is 0.509 e. The summed E-state index contributed by atoms with van der Waals surface area (Å²) in [6, 6.07) is 62.4. The summed E-state index contributed by atoms with van der Waals surface area (Å²) in [7, 11) is 0. The molecule has 2 aromatic heterocycles. The molecule has 0 atom stereocenters. The molecule has 0 N–H and O–H groups in total. The van der Waals surface area contributed by atoms with Crippen molar-refractivity contribution in [2.24, 2.45) is 0 Å². The molecule has 0 amide bonds. The number of pyridine rings is 1. The van der Waals surface area contributed by atoms with E-state index >= 15 is 0 Å². The van der Waals surface area contributed by atoms with E-state index in [0.29, 0.717) is 23.3 Å². The van der Waals surface area contributed by atoms with Crippen LogP contribution in [-0.4, -0.2) is 9.55 Å². The smallest absolute Gasteiger partial charge is 0.135 e. The molecule has 9 aromatic rings. The molecule has 6 heteroatoms. The van der Waals surface area contributed by atoms with E-state index in [0.717, 1.165) is 55.9 Å². The number of para-hydroxylation sites is 1. The zero-order valence-electron chi connectivity index (χ0n) is 43.3. The Balaban J connectivity index is 0.00000624. The molecule has 0 fully saturated rings. The summed E-state index contributed by atoms with van der Waals surface area (Å²) in [5, 5.41) is 2.22. The number of hydrogen-bond acceptors (Lipinski definition) is 4. The third-order valence-corrected chi connectivity index (χ3v) is 14.3. The summed E-state index contributed by atoms with van der Waals surface area (Å²) < 4.78 is 9.20. The quantitative estimate of drug-likeness (QED) is 0.128. The van der Waals surface area contributed by atoms with E-state index in [2.05, 4.69) is 262 Å². The SMILES string of the molecule is CC(C)c1cccc(C(C)C)c1-c1ccc2c(c1)N(c1[c-]c(Oc3[c-]c4c(cc3)c3ccccc3n4-c3cc(C(C)(C)c4ccccc4)ccn3)cc(C(C)(C)C)c1)[CH-]N2c1cccc(C(C)(C)C)c1.[Pt]. The van der Waals surface area contributed by atoms with Crippen molar-refractivity contribution in [3.63, 3.8) is 0 Å². The Morgan fingerprint density at radius 3 is 1.92 bits per heavy atom. The van der Waals surface area contributed by atoms with E-state index in [1.807, 2.05) is 12.3 Å². The molecule has 0 unspecified atom stereocenters. The summed E-state index contributed by atoms with van der Waals surface area (Å²) in [5.41, 5.74) is 15.8. The van der Waals surface area contributed by atoms with Crippen molar-refractivity contribution < 1.29 is 25.8 Å². The van der Waals surface area contributed by atoms with Crippen LogP contribution in [0.15, 0.2) is 158 Å². The van der Waals surface area contributed by atoms with Gasteiger partial charge in [-0.2, -0.15) is 6.07 Å². The minimum absolute atomic E-state index is 0. The van der Waals surface area contributed by atoms with Gasteiger partial charge in [0.2, 0.25) is 0 Å². The number of ether oxygens (including phenoxy) is 1. The third-order valence-electron chi connectivity index (χ3n) is 14.3. The summed E-state index contributed by atoms with van der Waals surface area (Å²) in [6.45, 7) is 29.6. The number of fused-ring (bicyclic) bond motifs is 4. The Kier molecular flexibility index (Phi) is 13.2. The Labute approximate surface area is 436 Å². The normalized spacial score (nSPS) is 13.1. The molecule has 0 aliphatic carbocycles. The van der Waals surface area contributed by atoms with Crippen LogP contribution in [0.5, 0.6) is 11.5 Å². The maximum absolute atomic E-state index is 6.98. The van der Waals surface area contributed by atoms with Gasteiger partial charge in [-0.05, 0) is 109 Å². The van der Waals surface area contributed by atoms with E-state index in [9.17, 15) is 0 Å². The van der Waals surface area contributed by atoms with Gasteiger partial charge in [0.05, 0.1) is 0 Å². The molecule has 364 valence electrons. The molecule has 0 spiro atoms. The van der Waals surface area contributed by atoms with Crippen LogP contribution in [0.4, 0.5) is 22.7 Å². The van der Waals surface area contributed by atoms with Gasteiger partial charge in [0, 0.05) is 66.8 Å². The molecule has 1 aliphatic rings. The van der Waals surface area contributed by atoms with Crippen LogP contribution in [0.2, 0.25) is 0 Å². The molecule has 3 heterocycles. The monoisotopic (exact) mass is 1110 g/mol. The Bertz CT molecular complexity index is 3380. The second kappa shape index (κ2) is 19.0. The van der Waals surface area contributed by atoms with E-state index < -0.39 is 0 Å². The topological polar surface area (TPSA) is 33.5 Å². The number of anilines is 4. The molecule has 5 nitrogen and oxygen atoms in total. The van der Waals surface area contributed by atoms with Crippen molar-refractivity contribution in [2.45, 2.75) is 111 Å². The van der Waals surface area contributed by atoms with E-state index in [1.54, 1.807) is 0 Å². The van der Waals surface area contributed by atoms with Gasteiger partial charge in [-0.25, -0.2) is 4.98 Å². The van der Waals surface area contributed by atoms with E-state index in [4.69, 9.17) is 9.72 Å². The first kappa shape index (κ1) is 49.6. The summed E-state index contributed by atoms with van der Waals surface area (Å²) in [5.74, 6) is 2.79. The standard InChI is InChI=1S/C65H65N4O.Pt/c1-42(2)53-25-19-26-54(43(3)4)62(53)44-28-31-58-60(34-44)68(41-67(58)49-23-18-22-46(35-49)63(5,6)7)50-36-48(64(8,9)10)37-52(39-50)70-51-29-30-56-55-24-16-17-27-57(55)69(59(56)40-51)61-38-47(32-33-66-61)65(11,12)45-20-14-13-15-21-45;/h13-38,41-43H,1-12H3;/q-3;. The third kappa shape index (κ3) is 9.35. The fraction of sp³-hybridized carbons (Fsp3) is 0.262. The predicted octanol–water partition coefficient (Wildman–Crippen LogP) is 17.8. The van der Waals surface area contributed by atoms with Gasteiger partial charge >= 0.3 is 0 Å². The van der Waals surface area contributed by atoms with E-state index in [1.165, 1.54) is 38.9 Å². The Morgan fingerprint density at radius 1 is 0.535 bits per heavy atom. The average Bonchev–Trinajstić information content (AvgIpc) is 3.89. The first-order chi connectivity index (χ1) is 33.4. The van der Waals surface area contributed by atoms with Gasteiger partial charge in [0.1, 0.15) is 5.82 Å². The Morgan fingerprint density at radius 2 is 1.21 bits per heavy atom. The number of aromatic nitrogens is 2. The maximum Gasteiger partial charge on any atom is 0.135 e. The van der Waals surface area contributed by atoms with Gasteiger partial charge in [-0.15, -0.1) is 53.6 Å². The van der Waals surface area contributed by atoms with Crippen molar-refractivity contribution in [1.29, 1.82) is 0 Å². The van der Waals surface area contributed by atoms with Crippen molar-refractivity contribution in [2.75, 3.05) is 9.80 Å². The molecule has 0 saturated heterocycles. The van der Waals surface area contributed by atoms with Gasteiger partial charge in [-0.1, -0.05) is 174 Å². The van der Waals surface area contributed by atoms with Crippen LogP contribution in [0.1, 0.15) is 128 Å². The number of hydrogen-bond donors (Lipinski definition) is 0. The number of benzene rings is 7. The summed E-state index contributed by atoms with van der Waals surface area (Å²) in [4.78, 5) is 9.63. The zero-order valence-corrected chi connectivity index (χ0v) is 45.5. The van der Waals surface area contributed by atoms with Crippen LogP contribution in [0, 0.1) is 18.8 Å². The molecule has 1 aliphatic heterocycles. The molecule has 71 heavy (non-hydrogen) atoms. The molecular weight excluding hydrogens is 1050 g/mol. The zero-order chi connectivity index (χ0) is 49.3. The van der Waals surface area contributed by atoms with Crippen LogP contribution in [-0.2, 0) is 37.3 Å². The predicted molar refractivity (Wildman–Crippen MR) is 294 cm³/mol. The minimum atomic E-state index is -0.237. The minimum Gasteiger partial charge on any atom is -0.509 e. The second-order valence-electron chi connectivity index (χ2n) is 22.3. The van der Waals surface area contributed by atoms with Crippen molar-refractivity contribution in [3.8, 4) is 28.4 Å². The summed E-state index contributed by atoms with van der Waals surface area (Å²) in [6.07, 6.45) is 1.93. The molecular formula is C65H65N4OPt-3. The van der Waals surface area contributed by atoms with E-state index in [-0.39, 0.29) is 37.3 Å².